The molecule has 2 saturated carbocycles. The van der Waals surface area contributed by atoms with Crippen LogP contribution in [0.25, 0.3) is 11.4 Å². The first-order chi connectivity index (χ1) is 15.6. The molecule has 32 heavy (non-hydrogen) atoms. The van der Waals surface area contributed by atoms with Gasteiger partial charge in [-0.1, -0.05) is 5.21 Å². The van der Waals surface area contributed by atoms with Crippen LogP contribution in [0.15, 0.2) is 18.3 Å². The first-order valence-corrected chi connectivity index (χ1v) is 11.1. The van der Waals surface area contributed by atoms with E-state index >= 15 is 0 Å². The van der Waals surface area contributed by atoms with Crippen LogP contribution in [0, 0.1) is 11.8 Å². The summed E-state index contributed by atoms with van der Waals surface area (Å²) in [6.07, 6.45) is 7.88. The van der Waals surface area contributed by atoms with Crippen LogP contribution in [0.5, 0.6) is 5.75 Å². The van der Waals surface area contributed by atoms with E-state index in [4.69, 9.17) is 4.74 Å². The number of pyridine rings is 1. The number of hydrogen-bond acceptors (Lipinski definition) is 8. The van der Waals surface area contributed by atoms with E-state index in [2.05, 4.69) is 30.8 Å². The van der Waals surface area contributed by atoms with E-state index in [9.17, 15) is 9.90 Å². The van der Waals surface area contributed by atoms with E-state index in [0.717, 1.165) is 30.8 Å². The maximum atomic E-state index is 11.3. The van der Waals surface area contributed by atoms with E-state index in [1.54, 1.807) is 15.6 Å². The van der Waals surface area contributed by atoms with Gasteiger partial charge < -0.3 is 9.84 Å². The minimum atomic E-state index is -0.746. The van der Waals surface area contributed by atoms with Crippen molar-refractivity contribution in [1.82, 2.24) is 40.2 Å². The van der Waals surface area contributed by atoms with Gasteiger partial charge in [0.1, 0.15) is 11.4 Å². The number of rotatable bonds is 8. The van der Waals surface area contributed by atoms with E-state index < -0.39 is 5.97 Å². The van der Waals surface area contributed by atoms with Crippen molar-refractivity contribution in [3.63, 3.8) is 0 Å². The van der Waals surface area contributed by atoms with Gasteiger partial charge in [0.15, 0.2) is 5.82 Å². The quantitative estimate of drug-likeness (QED) is 0.559. The third kappa shape index (κ3) is 4.46. The highest BCUT2D eigenvalue weighted by Crippen LogP contribution is 2.32. The number of aromatic nitrogens is 8. The standard InChI is InChI=1S/C21H26N8O3/c1-28-18(12-29-19(23-25-27-29)9-13-5-6-13)20(24-26-28)17-8-7-16(11-22-17)32-15-4-2-3-14(10-15)21(30)31/h7-8,11,13-15H,2-6,9-10,12H2,1H3,(H,30,31)/t14-,15?/m0/s1. The van der Waals surface area contributed by atoms with Crippen LogP contribution in [-0.2, 0) is 24.8 Å². The normalized spacial score (nSPS) is 20.9. The van der Waals surface area contributed by atoms with Gasteiger partial charge >= 0.3 is 5.97 Å². The summed E-state index contributed by atoms with van der Waals surface area (Å²) in [5.41, 5.74) is 2.23. The SMILES string of the molecule is Cn1nnc(-c2ccc(OC3CCC[C@H](C(=O)O)C3)cn2)c1Cn1nnnc1CC1CC1. The first kappa shape index (κ1) is 20.5. The summed E-state index contributed by atoms with van der Waals surface area (Å²) in [7, 11) is 1.84. The zero-order valence-electron chi connectivity index (χ0n) is 18.0. The smallest absolute Gasteiger partial charge is 0.306 e. The summed E-state index contributed by atoms with van der Waals surface area (Å²) in [6, 6.07) is 3.70. The highest BCUT2D eigenvalue weighted by molar-refractivity contribution is 5.70. The van der Waals surface area contributed by atoms with Crippen molar-refractivity contribution in [1.29, 1.82) is 0 Å². The Kier molecular flexibility index (Phi) is 5.54. The summed E-state index contributed by atoms with van der Waals surface area (Å²) in [4.78, 5) is 15.8. The van der Waals surface area contributed by atoms with Gasteiger partial charge in [-0.3, -0.25) is 9.78 Å². The van der Waals surface area contributed by atoms with Gasteiger partial charge in [-0.25, -0.2) is 9.36 Å². The fourth-order valence-corrected chi connectivity index (χ4v) is 4.23. The third-order valence-electron chi connectivity index (χ3n) is 6.27. The molecule has 1 N–H and O–H groups in total. The predicted molar refractivity (Wildman–Crippen MR) is 112 cm³/mol. The van der Waals surface area contributed by atoms with Crippen molar-refractivity contribution < 1.29 is 14.6 Å². The second kappa shape index (κ2) is 8.64. The van der Waals surface area contributed by atoms with Crippen molar-refractivity contribution in [3.05, 3.63) is 29.8 Å². The molecule has 0 aliphatic heterocycles. The molecule has 2 atom stereocenters. The Hall–Kier alpha value is -3.37. The number of carbonyl (C=O) groups is 1. The lowest BCUT2D eigenvalue weighted by molar-refractivity contribution is -0.143. The van der Waals surface area contributed by atoms with Crippen LogP contribution in [0.4, 0.5) is 0 Å². The molecule has 2 aliphatic rings. The molecule has 1 unspecified atom stereocenters. The number of aryl methyl sites for hydroxylation is 1. The topological polar surface area (TPSA) is 134 Å². The van der Waals surface area contributed by atoms with Crippen LogP contribution in [0.1, 0.15) is 50.0 Å². The van der Waals surface area contributed by atoms with Crippen LogP contribution in [-0.4, -0.2) is 57.4 Å². The lowest BCUT2D eigenvalue weighted by Crippen LogP contribution is -2.29. The number of tetrazole rings is 1. The Morgan fingerprint density at radius 2 is 2.06 bits per heavy atom. The molecule has 3 aromatic rings. The molecule has 0 saturated heterocycles. The highest BCUT2D eigenvalue weighted by atomic mass is 16.5. The molecule has 2 fully saturated rings. The van der Waals surface area contributed by atoms with E-state index in [0.29, 0.717) is 42.4 Å². The van der Waals surface area contributed by atoms with Crippen molar-refractivity contribution in [2.45, 2.75) is 57.6 Å². The molecule has 0 bridgehead atoms. The van der Waals surface area contributed by atoms with E-state index in [1.807, 2.05) is 19.2 Å². The number of nitrogens with zero attached hydrogens (tertiary/aromatic N) is 8. The first-order valence-electron chi connectivity index (χ1n) is 11.1. The Morgan fingerprint density at radius 3 is 2.81 bits per heavy atom. The molecular weight excluding hydrogens is 412 g/mol. The Morgan fingerprint density at radius 1 is 1.19 bits per heavy atom. The van der Waals surface area contributed by atoms with Gasteiger partial charge in [-0.2, -0.15) is 0 Å². The third-order valence-corrected chi connectivity index (χ3v) is 6.27. The van der Waals surface area contributed by atoms with Gasteiger partial charge in [-0.15, -0.1) is 10.2 Å². The summed E-state index contributed by atoms with van der Waals surface area (Å²) >= 11 is 0. The van der Waals surface area contributed by atoms with Crippen LogP contribution in [0.3, 0.4) is 0 Å². The zero-order chi connectivity index (χ0) is 22.1. The molecule has 0 aromatic carbocycles. The van der Waals surface area contributed by atoms with Crippen LogP contribution < -0.4 is 4.74 Å². The maximum absolute atomic E-state index is 11.3. The molecule has 11 nitrogen and oxygen atoms in total. The highest BCUT2D eigenvalue weighted by Gasteiger charge is 2.28. The summed E-state index contributed by atoms with van der Waals surface area (Å²) < 4.78 is 9.53. The lowest BCUT2D eigenvalue weighted by atomic mass is 9.87. The van der Waals surface area contributed by atoms with Crippen molar-refractivity contribution >= 4 is 5.97 Å². The lowest BCUT2D eigenvalue weighted by Gasteiger charge is -2.27. The van der Waals surface area contributed by atoms with Gasteiger partial charge in [0.25, 0.3) is 0 Å². The second-order valence-electron chi connectivity index (χ2n) is 8.73. The number of hydrogen-bond donors (Lipinski definition) is 1. The number of carboxylic acid groups (broad SMARTS) is 1. The largest absolute Gasteiger partial charge is 0.489 e. The van der Waals surface area contributed by atoms with Gasteiger partial charge in [0.2, 0.25) is 0 Å². The molecule has 0 radical (unpaired) electrons. The van der Waals surface area contributed by atoms with Crippen molar-refractivity contribution in [3.8, 4) is 17.1 Å². The second-order valence-corrected chi connectivity index (χ2v) is 8.73. The number of ether oxygens (including phenoxy) is 1. The molecule has 5 rings (SSSR count). The van der Waals surface area contributed by atoms with Gasteiger partial charge in [0, 0.05) is 13.5 Å². The summed E-state index contributed by atoms with van der Waals surface area (Å²) in [5.74, 6) is 1.11. The molecular formula is C21H26N8O3. The van der Waals surface area contributed by atoms with Crippen molar-refractivity contribution in [2.24, 2.45) is 18.9 Å². The van der Waals surface area contributed by atoms with Crippen LogP contribution >= 0.6 is 0 Å². The van der Waals surface area contributed by atoms with Crippen molar-refractivity contribution in [2.75, 3.05) is 0 Å². The average Bonchev–Trinajstić information content (AvgIpc) is 3.39. The molecule has 3 heterocycles. The minimum Gasteiger partial charge on any atom is -0.489 e. The molecule has 3 aromatic heterocycles. The van der Waals surface area contributed by atoms with E-state index in [-0.39, 0.29) is 12.0 Å². The maximum Gasteiger partial charge on any atom is 0.306 e. The monoisotopic (exact) mass is 438 g/mol. The molecule has 11 heteroatoms. The molecule has 168 valence electrons. The Balaban J connectivity index is 1.29. The fourth-order valence-electron chi connectivity index (χ4n) is 4.23. The zero-order valence-corrected chi connectivity index (χ0v) is 18.0. The minimum absolute atomic E-state index is 0.103. The number of aliphatic carboxylic acids is 1. The molecule has 0 amide bonds. The summed E-state index contributed by atoms with van der Waals surface area (Å²) in [6.45, 7) is 0.465. The predicted octanol–water partition coefficient (Wildman–Crippen LogP) is 1.89. The summed E-state index contributed by atoms with van der Waals surface area (Å²) in [5, 5.41) is 29.9. The van der Waals surface area contributed by atoms with Gasteiger partial charge in [0.05, 0.1) is 36.2 Å². The van der Waals surface area contributed by atoms with E-state index in [1.165, 1.54) is 12.8 Å². The van der Waals surface area contributed by atoms with Gasteiger partial charge in [-0.05, 0) is 67.0 Å². The van der Waals surface area contributed by atoms with Crippen LogP contribution in [0.2, 0.25) is 0 Å². The Labute approximate surface area is 184 Å². The fraction of sp³-hybridized carbons (Fsp3) is 0.571. The molecule has 0 spiro atoms. The average molecular weight is 438 g/mol. The number of carboxylic acids is 1. The molecule has 2 aliphatic carbocycles. The Bertz CT molecular complexity index is 1090.